The average Bonchev–Trinajstić information content (AvgIpc) is 2.36. The predicted molar refractivity (Wildman–Crippen MR) is 75.5 cm³/mol. The van der Waals surface area contributed by atoms with Gasteiger partial charge in [0.25, 0.3) is 5.91 Å². The number of nitrogens with zero attached hydrogens (tertiary/aromatic N) is 1. The maximum atomic E-state index is 12.0. The first-order valence-electron chi connectivity index (χ1n) is 6.08. The fourth-order valence-electron chi connectivity index (χ4n) is 1.87. The number of carbonyl (C=O) groups is 2. The summed E-state index contributed by atoms with van der Waals surface area (Å²) in [6.07, 6.45) is 3.28. The van der Waals surface area contributed by atoms with Crippen molar-refractivity contribution in [3.63, 3.8) is 0 Å². The van der Waals surface area contributed by atoms with Gasteiger partial charge >= 0.3 is 0 Å². The van der Waals surface area contributed by atoms with E-state index in [1.54, 1.807) is 38.1 Å². The zero-order valence-corrected chi connectivity index (χ0v) is 11.2. The Hall–Kier alpha value is -2.29. The first-order chi connectivity index (χ1) is 8.97. The molecule has 0 N–H and O–H groups in total. The fourth-order valence-corrected chi connectivity index (χ4v) is 1.87. The number of amides is 1. The standard InChI is InChI=1S/C16H15NO2/c1-10-4-6-13(7-5-10)16(19)17-14-8-11(2)15(18)12(3)9-14/h4-9H,1-3H3. The SMILES string of the molecule is CC1=CC(=NC(=O)c2ccc(C)cc2)C=C(C)C1=O. The Labute approximate surface area is 112 Å². The maximum Gasteiger partial charge on any atom is 0.277 e. The predicted octanol–water partition coefficient (Wildman–Crippen LogP) is 3.05. The topological polar surface area (TPSA) is 46.5 Å². The molecule has 3 nitrogen and oxygen atoms in total. The minimum atomic E-state index is -0.294. The smallest absolute Gasteiger partial charge is 0.277 e. The number of allylic oxidation sites excluding steroid dienone is 4. The first-order valence-corrected chi connectivity index (χ1v) is 6.08. The van der Waals surface area contributed by atoms with E-state index >= 15 is 0 Å². The number of carbonyl (C=O) groups excluding carboxylic acids is 2. The van der Waals surface area contributed by atoms with Gasteiger partial charge in [-0.2, -0.15) is 0 Å². The van der Waals surface area contributed by atoms with Crippen molar-refractivity contribution in [1.29, 1.82) is 0 Å². The van der Waals surface area contributed by atoms with Crippen molar-refractivity contribution in [3.8, 4) is 0 Å². The molecule has 96 valence electrons. The normalized spacial score (nSPS) is 14.9. The summed E-state index contributed by atoms with van der Waals surface area (Å²) in [6, 6.07) is 7.26. The lowest BCUT2D eigenvalue weighted by atomic mass is 9.98. The van der Waals surface area contributed by atoms with E-state index in [-0.39, 0.29) is 11.7 Å². The Morgan fingerprint density at radius 1 is 0.947 bits per heavy atom. The molecule has 0 radical (unpaired) electrons. The van der Waals surface area contributed by atoms with E-state index in [1.165, 1.54) is 0 Å². The number of hydrogen-bond donors (Lipinski definition) is 0. The quantitative estimate of drug-likeness (QED) is 0.722. The number of hydrogen-bond acceptors (Lipinski definition) is 2. The van der Waals surface area contributed by atoms with Crippen LogP contribution in [0, 0.1) is 6.92 Å². The summed E-state index contributed by atoms with van der Waals surface area (Å²) in [4.78, 5) is 27.6. The second-order valence-electron chi connectivity index (χ2n) is 4.69. The van der Waals surface area contributed by atoms with Gasteiger partial charge in [0.15, 0.2) is 5.78 Å². The number of rotatable bonds is 1. The minimum Gasteiger partial charge on any atom is -0.289 e. The molecule has 1 aromatic rings. The van der Waals surface area contributed by atoms with Gasteiger partial charge in [0.2, 0.25) is 0 Å². The number of benzene rings is 1. The largest absolute Gasteiger partial charge is 0.289 e. The highest BCUT2D eigenvalue weighted by Crippen LogP contribution is 2.13. The molecule has 0 heterocycles. The Morgan fingerprint density at radius 2 is 1.47 bits per heavy atom. The van der Waals surface area contributed by atoms with Crippen molar-refractivity contribution < 1.29 is 9.59 Å². The molecular weight excluding hydrogens is 238 g/mol. The molecule has 1 aliphatic carbocycles. The van der Waals surface area contributed by atoms with Crippen molar-refractivity contribution in [1.82, 2.24) is 0 Å². The lowest BCUT2D eigenvalue weighted by Crippen LogP contribution is -2.12. The van der Waals surface area contributed by atoms with Gasteiger partial charge < -0.3 is 0 Å². The van der Waals surface area contributed by atoms with Gasteiger partial charge in [-0.1, -0.05) is 17.7 Å². The van der Waals surface area contributed by atoms with Crippen LogP contribution in [0.5, 0.6) is 0 Å². The van der Waals surface area contributed by atoms with E-state index in [0.29, 0.717) is 22.4 Å². The molecule has 1 aromatic carbocycles. The van der Waals surface area contributed by atoms with Gasteiger partial charge in [-0.25, -0.2) is 4.99 Å². The Kier molecular flexibility index (Phi) is 3.56. The molecular formula is C16H15NO2. The maximum absolute atomic E-state index is 12.0. The van der Waals surface area contributed by atoms with Gasteiger partial charge in [-0.15, -0.1) is 0 Å². The summed E-state index contributed by atoms with van der Waals surface area (Å²) in [7, 11) is 0. The van der Waals surface area contributed by atoms with Crippen LogP contribution in [0.2, 0.25) is 0 Å². The van der Waals surface area contributed by atoms with E-state index in [4.69, 9.17) is 0 Å². The summed E-state index contributed by atoms with van der Waals surface area (Å²) < 4.78 is 0. The highest BCUT2D eigenvalue weighted by Gasteiger charge is 2.14. The molecule has 0 spiro atoms. The van der Waals surface area contributed by atoms with Crippen molar-refractivity contribution in [3.05, 3.63) is 58.7 Å². The van der Waals surface area contributed by atoms with Crippen LogP contribution >= 0.6 is 0 Å². The minimum absolute atomic E-state index is 0.00161. The molecule has 0 atom stereocenters. The Balaban J connectivity index is 2.29. The molecule has 0 bridgehead atoms. The van der Waals surface area contributed by atoms with Crippen molar-refractivity contribution >= 4 is 17.4 Å². The zero-order valence-electron chi connectivity index (χ0n) is 11.2. The summed E-state index contributed by atoms with van der Waals surface area (Å²) in [6.45, 7) is 5.42. The van der Waals surface area contributed by atoms with Crippen molar-refractivity contribution in [2.45, 2.75) is 20.8 Å². The average molecular weight is 253 g/mol. The molecule has 0 saturated heterocycles. The molecule has 1 amide bonds. The highest BCUT2D eigenvalue weighted by molar-refractivity contribution is 6.23. The highest BCUT2D eigenvalue weighted by atomic mass is 16.1. The van der Waals surface area contributed by atoms with E-state index in [2.05, 4.69) is 4.99 Å². The van der Waals surface area contributed by atoms with Gasteiger partial charge in [0.1, 0.15) is 0 Å². The third-order valence-corrected chi connectivity index (χ3v) is 2.97. The summed E-state index contributed by atoms with van der Waals surface area (Å²) in [5.74, 6) is -0.292. The van der Waals surface area contributed by atoms with E-state index in [9.17, 15) is 9.59 Å². The zero-order chi connectivity index (χ0) is 14.0. The molecule has 3 heteroatoms. The second kappa shape index (κ2) is 5.14. The van der Waals surface area contributed by atoms with Crippen LogP contribution in [0.15, 0.2) is 52.6 Å². The van der Waals surface area contributed by atoms with Crippen molar-refractivity contribution in [2.75, 3.05) is 0 Å². The number of ketones is 1. The molecule has 0 aliphatic heterocycles. The monoisotopic (exact) mass is 253 g/mol. The summed E-state index contributed by atoms with van der Waals surface area (Å²) in [5.41, 5.74) is 3.39. The first kappa shape index (κ1) is 13.1. The fraction of sp³-hybridized carbons (Fsp3) is 0.188. The molecule has 1 aliphatic rings. The molecule has 0 aromatic heterocycles. The van der Waals surface area contributed by atoms with Crippen LogP contribution in [0.25, 0.3) is 0 Å². The van der Waals surface area contributed by atoms with Crippen molar-refractivity contribution in [2.24, 2.45) is 4.99 Å². The molecule has 19 heavy (non-hydrogen) atoms. The van der Waals surface area contributed by atoms with Crippen LogP contribution in [0.4, 0.5) is 0 Å². The summed E-state index contributed by atoms with van der Waals surface area (Å²) >= 11 is 0. The molecule has 0 unspecified atom stereocenters. The molecule has 0 fully saturated rings. The van der Waals surface area contributed by atoms with Crippen LogP contribution in [-0.2, 0) is 4.79 Å². The van der Waals surface area contributed by atoms with Gasteiger partial charge in [0, 0.05) is 5.56 Å². The third kappa shape index (κ3) is 2.94. The second-order valence-corrected chi connectivity index (χ2v) is 4.69. The van der Waals surface area contributed by atoms with Gasteiger partial charge in [-0.05, 0) is 56.2 Å². The number of Topliss-reactive ketones (excluding diaryl/α,β-unsaturated/α-hetero) is 1. The van der Waals surface area contributed by atoms with Crippen LogP contribution < -0.4 is 0 Å². The van der Waals surface area contributed by atoms with Crippen LogP contribution in [0.3, 0.4) is 0 Å². The lowest BCUT2D eigenvalue weighted by Gasteiger charge is -2.08. The van der Waals surface area contributed by atoms with Crippen LogP contribution in [0.1, 0.15) is 29.8 Å². The van der Waals surface area contributed by atoms with E-state index < -0.39 is 0 Å². The number of aryl methyl sites for hydroxylation is 1. The summed E-state index contributed by atoms with van der Waals surface area (Å²) in [5, 5.41) is 0. The lowest BCUT2D eigenvalue weighted by molar-refractivity contribution is -0.112. The third-order valence-electron chi connectivity index (χ3n) is 2.97. The molecule has 2 rings (SSSR count). The molecule has 0 saturated carbocycles. The Morgan fingerprint density at radius 3 is 2.00 bits per heavy atom. The van der Waals surface area contributed by atoms with E-state index in [0.717, 1.165) is 5.56 Å². The van der Waals surface area contributed by atoms with Gasteiger partial charge in [0.05, 0.1) is 5.71 Å². The Bertz CT molecular complexity index is 607. The number of aliphatic imine (C=N–C) groups is 1. The van der Waals surface area contributed by atoms with Gasteiger partial charge in [-0.3, -0.25) is 9.59 Å². The van der Waals surface area contributed by atoms with E-state index in [1.807, 2.05) is 19.1 Å². The van der Waals surface area contributed by atoms with Crippen LogP contribution in [-0.4, -0.2) is 17.4 Å².